The zero-order chi connectivity index (χ0) is 19.3. The van der Waals surface area contributed by atoms with Crippen molar-refractivity contribution >= 4 is 17.7 Å². The minimum absolute atomic E-state index is 0.0666. The molecule has 4 rings (SSSR count). The molecule has 9 heteroatoms. The van der Waals surface area contributed by atoms with E-state index in [2.05, 4.69) is 25.5 Å². The molecule has 0 atom stereocenters. The second kappa shape index (κ2) is 7.70. The van der Waals surface area contributed by atoms with Crippen molar-refractivity contribution < 1.29 is 4.79 Å². The fraction of sp³-hybridized carbons (Fsp3) is 0.105. The van der Waals surface area contributed by atoms with E-state index in [9.17, 15) is 4.79 Å². The first-order valence-corrected chi connectivity index (χ1v) is 8.64. The highest BCUT2D eigenvalue weighted by Crippen LogP contribution is 2.16. The molecule has 0 saturated carbocycles. The van der Waals surface area contributed by atoms with Crippen molar-refractivity contribution in [2.24, 2.45) is 0 Å². The highest BCUT2D eigenvalue weighted by atomic mass is 16.2. The number of nitrogens with zero attached hydrogens (tertiary/aromatic N) is 6. The predicted molar refractivity (Wildman–Crippen MR) is 104 cm³/mol. The van der Waals surface area contributed by atoms with Crippen molar-refractivity contribution in [2.75, 3.05) is 11.1 Å². The van der Waals surface area contributed by atoms with Crippen LogP contribution in [0.15, 0.2) is 67.3 Å². The Hall–Kier alpha value is -4.01. The van der Waals surface area contributed by atoms with Crippen molar-refractivity contribution in [2.45, 2.75) is 13.1 Å². The SMILES string of the molecule is Nc1nccc(-c2cnn(CC(=O)Nc3ccnn3Cc3ccccc3)c2)n1. The lowest BCUT2D eigenvalue weighted by molar-refractivity contribution is -0.116. The van der Waals surface area contributed by atoms with E-state index in [-0.39, 0.29) is 18.4 Å². The number of anilines is 2. The molecule has 0 unspecified atom stereocenters. The molecule has 3 N–H and O–H groups in total. The third kappa shape index (κ3) is 4.04. The smallest absolute Gasteiger partial charge is 0.247 e. The highest BCUT2D eigenvalue weighted by molar-refractivity contribution is 5.89. The van der Waals surface area contributed by atoms with Crippen LogP contribution in [0.5, 0.6) is 0 Å². The van der Waals surface area contributed by atoms with E-state index in [1.54, 1.807) is 46.3 Å². The second-order valence-electron chi connectivity index (χ2n) is 6.13. The summed E-state index contributed by atoms with van der Waals surface area (Å²) >= 11 is 0. The van der Waals surface area contributed by atoms with Gasteiger partial charge in [0.15, 0.2) is 0 Å². The Morgan fingerprint density at radius 1 is 1.07 bits per heavy atom. The van der Waals surface area contributed by atoms with Crippen LogP contribution in [0.1, 0.15) is 5.56 Å². The number of nitrogens with two attached hydrogens (primary N) is 1. The van der Waals surface area contributed by atoms with E-state index in [4.69, 9.17) is 5.73 Å². The maximum absolute atomic E-state index is 12.4. The topological polar surface area (TPSA) is 117 Å². The third-order valence-electron chi connectivity index (χ3n) is 4.07. The molecule has 0 aliphatic heterocycles. The van der Waals surface area contributed by atoms with E-state index >= 15 is 0 Å². The minimum atomic E-state index is -0.202. The number of carbonyl (C=O) groups excluding carboxylic acids is 1. The number of rotatable bonds is 6. The number of hydrogen-bond acceptors (Lipinski definition) is 6. The van der Waals surface area contributed by atoms with Crippen LogP contribution >= 0.6 is 0 Å². The lowest BCUT2D eigenvalue weighted by Crippen LogP contribution is -2.21. The standard InChI is InChI=1S/C19H18N8O/c20-19-21-8-6-16(24-19)15-10-23-26(12-15)13-18(28)25-17-7-9-22-27(17)11-14-4-2-1-3-5-14/h1-10,12H,11,13H2,(H,25,28)(H2,20,21,24). The number of nitrogens with one attached hydrogen (secondary N) is 1. The first-order chi connectivity index (χ1) is 13.7. The molecule has 0 saturated heterocycles. The Morgan fingerprint density at radius 3 is 2.75 bits per heavy atom. The number of carbonyl (C=O) groups is 1. The molecule has 0 aliphatic carbocycles. The summed E-state index contributed by atoms with van der Waals surface area (Å²) in [6, 6.07) is 13.4. The van der Waals surface area contributed by atoms with Gasteiger partial charge in [0.2, 0.25) is 11.9 Å². The maximum atomic E-state index is 12.4. The Balaban J connectivity index is 1.41. The number of amides is 1. The molecule has 9 nitrogen and oxygen atoms in total. The Bertz CT molecular complexity index is 1090. The van der Waals surface area contributed by atoms with E-state index in [1.807, 2.05) is 30.3 Å². The predicted octanol–water partition coefficient (Wildman–Crippen LogP) is 1.81. The van der Waals surface area contributed by atoms with Crippen molar-refractivity contribution in [3.63, 3.8) is 0 Å². The first-order valence-electron chi connectivity index (χ1n) is 8.64. The maximum Gasteiger partial charge on any atom is 0.247 e. The summed E-state index contributed by atoms with van der Waals surface area (Å²) in [6.45, 7) is 0.640. The zero-order valence-electron chi connectivity index (χ0n) is 14.9. The largest absolute Gasteiger partial charge is 0.368 e. The number of aromatic nitrogens is 6. The number of hydrogen-bond donors (Lipinski definition) is 2. The molecule has 0 bridgehead atoms. The van der Waals surface area contributed by atoms with Crippen molar-refractivity contribution in [3.05, 3.63) is 72.8 Å². The van der Waals surface area contributed by atoms with Crippen LogP contribution in [0.4, 0.5) is 11.8 Å². The van der Waals surface area contributed by atoms with Gasteiger partial charge in [0.1, 0.15) is 12.4 Å². The van der Waals surface area contributed by atoms with E-state index in [0.717, 1.165) is 11.1 Å². The van der Waals surface area contributed by atoms with Gasteiger partial charge >= 0.3 is 0 Å². The lowest BCUT2D eigenvalue weighted by Gasteiger charge is -2.09. The summed E-state index contributed by atoms with van der Waals surface area (Å²) in [5, 5.41) is 11.4. The van der Waals surface area contributed by atoms with Crippen LogP contribution in [0, 0.1) is 0 Å². The van der Waals surface area contributed by atoms with E-state index in [0.29, 0.717) is 18.1 Å². The van der Waals surface area contributed by atoms with Crippen LogP contribution in [-0.4, -0.2) is 35.4 Å². The fourth-order valence-electron chi connectivity index (χ4n) is 2.77. The summed E-state index contributed by atoms with van der Waals surface area (Å²) in [7, 11) is 0. The molecule has 0 aliphatic rings. The average molecular weight is 374 g/mol. The molecule has 1 aromatic carbocycles. The lowest BCUT2D eigenvalue weighted by atomic mass is 10.2. The van der Waals surface area contributed by atoms with Gasteiger partial charge in [-0.2, -0.15) is 10.2 Å². The van der Waals surface area contributed by atoms with Gasteiger partial charge < -0.3 is 11.1 Å². The zero-order valence-corrected chi connectivity index (χ0v) is 14.9. The molecular formula is C19H18N8O. The molecule has 0 radical (unpaired) electrons. The Kier molecular flexibility index (Phi) is 4.79. The molecular weight excluding hydrogens is 356 g/mol. The monoisotopic (exact) mass is 374 g/mol. The molecule has 140 valence electrons. The molecule has 4 aromatic rings. The molecule has 3 heterocycles. The van der Waals surface area contributed by atoms with Gasteiger partial charge in [-0.25, -0.2) is 14.6 Å². The summed E-state index contributed by atoms with van der Waals surface area (Å²) in [6.07, 6.45) is 6.61. The second-order valence-corrected chi connectivity index (χ2v) is 6.13. The molecule has 0 spiro atoms. The van der Waals surface area contributed by atoms with Crippen molar-refractivity contribution in [1.29, 1.82) is 0 Å². The summed E-state index contributed by atoms with van der Waals surface area (Å²) in [5.74, 6) is 0.617. The highest BCUT2D eigenvalue weighted by Gasteiger charge is 2.10. The van der Waals surface area contributed by atoms with Gasteiger partial charge in [-0.05, 0) is 11.6 Å². The van der Waals surface area contributed by atoms with Crippen LogP contribution in [0.3, 0.4) is 0 Å². The average Bonchev–Trinajstić information content (AvgIpc) is 3.32. The van der Waals surface area contributed by atoms with Crippen LogP contribution in [0.2, 0.25) is 0 Å². The fourth-order valence-corrected chi connectivity index (χ4v) is 2.77. The number of nitrogen functional groups attached to an aromatic ring is 1. The summed E-state index contributed by atoms with van der Waals surface area (Å²) < 4.78 is 3.28. The summed E-state index contributed by atoms with van der Waals surface area (Å²) in [5.41, 5.74) is 8.12. The van der Waals surface area contributed by atoms with Crippen LogP contribution < -0.4 is 11.1 Å². The third-order valence-corrected chi connectivity index (χ3v) is 4.07. The van der Waals surface area contributed by atoms with Gasteiger partial charge in [-0.3, -0.25) is 9.48 Å². The van der Waals surface area contributed by atoms with Crippen molar-refractivity contribution in [1.82, 2.24) is 29.5 Å². The van der Waals surface area contributed by atoms with Crippen LogP contribution in [-0.2, 0) is 17.9 Å². The Morgan fingerprint density at radius 2 is 1.93 bits per heavy atom. The quantitative estimate of drug-likeness (QED) is 0.532. The number of benzene rings is 1. The van der Waals surface area contributed by atoms with Gasteiger partial charge in [0.05, 0.1) is 24.6 Å². The minimum Gasteiger partial charge on any atom is -0.368 e. The molecule has 1 amide bonds. The summed E-state index contributed by atoms with van der Waals surface area (Å²) in [4.78, 5) is 20.4. The Labute approximate surface area is 160 Å². The van der Waals surface area contributed by atoms with Gasteiger partial charge in [0.25, 0.3) is 0 Å². The van der Waals surface area contributed by atoms with E-state index < -0.39 is 0 Å². The van der Waals surface area contributed by atoms with Crippen molar-refractivity contribution in [3.8, 4) is 11.3 Å². The molecule has 3 aromatic heterocycles. The van der Waals surface area contributed by atoms with Gasteiger partial charge in [-0.15, -0.1) is 0 Å². The van der Waals surface area contributed by atoms with Crippen LogP contribution in [0.25, 0.3) is 11.3 Å². The van der Waals surface area contributed by atoms with E-state index in [1.165, 1.54) is 0 Å². The first kappa shape index (κ1) is 17.4. The molecule has 28 heavy (non-hydrogen) atoms. The van der Waals surface area contributed by atoms with Gasteiger partial charge in [-0.1, -0.05) is 30.3 Å². The normalized spacial score (nSPS) is 10.7. The van der Waals surface area contributed by atoms with Gasteiger partial charge in [0, 0.05) is 24.0 Å². The molecule has 0 fully saturated rings.